The maximum absolute atomic E-state index is 12.7. The number of rotatable bonds is 9. The van der Waals surface area contributed by atoms with E-state index >= 15 is 0 Å². The molecule has 9 nitrogen and oxygen atoms in total. The number of H-pyrrole nitrogens is 1. The van der Waals surface area contributed by atoms with Gasteiger partial charge in [-0.05, 0) is 30.0 Å². The zero-order valence-corrected chi connectivity index (χ0v) is 19.0. The Bertz CT molecular complexity index is 1300. The van der Waals surface area contributed by atoms with E-state index in [-0.39, 0.29) is 24.0 Å². The summed E-state index contributed by atoms with van der Waals surface area (Å²) in [6, 6.07) is 14.1. The van der Waals surface area contributed by atoms with Gasteiger partial charge in [-0.3, -0.25) is 14.6 Å². The molecule has 0 spiro atoms. The van der Waals surface area contributed by atoms with Crippen molar-refractivity contribution in [3.8, 4) is 28.0 Å². The number of anilines is 1. The molecule has 0 unspecified atom stereocenters. The van der Waals surface area contributed by atoms with Crippen molar-refractivity contribution in [1.29, 1.82) is 0 Å². The molecule has 0 aliphatic heterocycles. The number of thiophene rings is 1. The predicted octanol–water partition coefficient (Wildman–Crippen LogP) is 3.66. The maximum atomic E-state index is 12.7. The van der Waals surface area contributed by atoms with Gasteiger partial charge in [0.1, 0.15) is 23.0 Å². The van der Waals surface area contributed by atoms with Crippen LogP contribution in [0.1, 0.15) is 19.0 Å². The fourth-order valence-electron chi connectivity index (χ4n) is 3.17. The quantitative estimate of drug-likeness (QED) is 0.390. The summed E-state index contributed by atoms with van der Waals surface area (Å²) in [4.78, 5) is 33.0. The predicted molar refractivity (Wildman–Crippen MR) is 126 cm³/mol. The lowest BCUT2D eigenvalue weighted by Gasteiger charge is -2.10. The molecule has 0 saturated carbocycles. The number of carbonyl (C=O) groups excluding carboxylic acids is 1. The number of nitrogens with zero attached hydrogens (tertiary/aromatic N) is 3. The van der Waals surface area contributed by atoms with Crippen LogP contribution in [0.5, 0.6) is 11.5 Å². The fraction of sp³-hybridized carbons (Fsp3) is 0.217. The second-order valence-corrected chi connectivity index (χ2v) is 8.08. The highest BCUT2D eigenvalue weighted by molar-refractivity contribution is 7.13. The SMILES string of the molecule is CCCc1cc(=O)[nH]c(-n2nc(-c3cccs3)cc2NC(=O)COc2cccc(OC)c2)n1. The molecule has 0 saturated heterocycles. The van der Waals surface area contributed by atoms with Crippen molar-refractivity contribution in [3.63, 3.8) is 0 Å². The van der Waals surface area contributed by atoms with Gasteiger partial charge in [0.2, 0.25) is 5.95 Å². The van der Waals surface area contributed by atoms with Crippen LogP contribution in [0.15, 0.2) is 58.7 Å². The third-order valence-electron chi connectivity index (χ3n) is 4.65. The molecule has 33 heavy (non-hydrogen) atoms. The van der Waals surface area contributed by atoms with Crippen LogP contribution in [0.3, 0.4) is 0 Å². The number of aryl methyl sites for hydroxylation is 1. The van der Waals surface area contributed by atoms with Crippen molar-refractivity contribution < 1.29 is 14.3 Å². The lowest BCUT2D eigenvalue weighted by molar-refractivity contribution is -0.118. The van der Waals surface area contributed by atoms with Gasteiger partial charge in [-0.1, -0.05) is 25.5 Å². The van der Waals surface area contributed by atoms with E-state index < -0.39 is 0 Å². The first kappa shape index (κ1) is 22.3. The van der Waals surface area contributed by atoms with E-state index in [1.165, 1.54) is 22.1 Å². The number of amides is 1. The van der Waals surface area contributed by atoms with Gasteiger partial charge in [0.05, 0.1) is 12.0 Å². The highest BCUT2D eigenvalue weighted by Crippen LogP contribution is 2.27. The monoisotopic (exact) mass is 465 g/mol. The van der Waals surface area contributed by atoms with Gasteiger partial charge >= 0.3 is 0 Å². The second-order valence-electron chi connectivity index (χ2n) is 7.13. The van der Waals surface area contributed by atoms with Crippen LogP contribution < -0.4 is 20.3 Å². The summed E-state index contributed by atoms with van der Waals surface area (Å²) >= 11 is 1.52. The average molecular weight is 466 g/mol. The Morgan fingerprint density at radius 2 is 2.03 bits per heavy atom. The molecule has 0 radical (unpaired) electrons. The van der Waals surface area contributed by atoms with Crippen molar-refractivity contribution >= 4 is 23.1 Å². The molecule has 1 aromatic carbocycles. The number of nitrogens with one attached hydrogen (secondary N) is 2. The molecule has 0 aliphatic rings. The number of hydrogen-bond acceptors (Lipinski definition) is 7. The average Bonchev–Trinajstić information content (AvgIpc) is 3.48. The number of aromatic nitrogens is 4. The van der Waals surface area contributed by atoms with Crippen LogP contribution in [0.2, 0.25) is 0 Å². The van der Waals surface area contributed by atoms with Crippen molar-refractivity contribution in [2.75, 3.05) is 19.0 Å². The van der Waals surface area contributed by atoms with Gasteiger partial charge in [0, 0.05) is 23.9 Å². The summed E-state index contributed by atoms with van der Waals surface area (Å²) in [6.07, 6.45) is 1.51. The van der Waals surface area contributed by atoms with Crippen LogP contribution in [-0.2, 0) is 11.2 Å². The van der Waals surface area contributed by atoms with Crippen molar-refractivity contribution in [2.24, 2.45) is 0 Å². The van der Waals surface area contributed by atoms with E-state index in [2.05, 4.69) is 20.4 Å². The first-order valence-electron chi connectivity index (χ1n) is 10.4. The van der Waals surface area contributed by atoms with Crippen LogP contribution in [0, 0.1) is 0 Å². The molecule has 4 aromatic rings. The highest BCUT2D eigenvalue weighted by Gasteiger charge is 2.17. The van der Waals surface area contributed by atoms with E-state index in [1.54, 1.807) is 37.4 Å². The third kappa shape index (κ3) is 5.47. The molecule has 3 heterocycles. The molecular formula is C23H23N5O4S. The minimum atomic E-state index is -0.385. The van der Waals surface area contributed by atoms with Crippen LogP contribution in [-0.4, -0.2) is 39.4 Å². The third-order valence-corrected chi connectivity index (χ3v) is 5.54. The number of ether oxygens (including phenoxy) is 2. The minimum Gasteiger partial charge on any atom is -0.497 e. The van der Waals surface area contributed by atoms with Gasteiger partial charge in [-0.2, -0.15) is 9.78 Å². The summed E-state index contributed by atoms with van der Waals surface area (Å²) < 4.78 is 12.2. The molecule has 170 valence electrons. The molecular weight excluding hydrogens is 442 g/mol. The molecule has 2 N–H and O–H groups in total. The summed E-state index contributed by atoms with van der Waals surface area (Å²) in [7, 11) is 1.56. The fourth-order valence-corrected chi connectivity index (χ4v) is 3.85. The smallest absolute Gasteiger partial charge is 0.263 e. The van der Waals surface area contributed by atoms with E-state index in [0.717, 1.165) is 11.3 Å². The normalized spacial score (nSPS) is 10.7. The van der Waals surface area contributed by atoms with Crippen molar-refractivity contribution in [2.45, 2.75) is 19.8 Å². The van der Waals surface area contributed by atoms with E-state index in [1.807, 2.05) is 24.4 Å². The van der Waals surface area contributed by atoms with Gasteiger partial charge in [0.25, 0.3) is 11.5 Å². The number of benzene rings is 1. The molecule has 1 amide bonds. The molecule has 0 bridgehead atoms. The molecule has 10 heteroatoms. The zero-order chi connectivity index (χ0) is 23.2. The first-order valence-corrected chi connectivity index (χ1v) is 11.2. The van der Waals surface area contributed by atoms with E-state index in [4.69, 9.17) is 9.47 Å². The lowest BCUT2D eigenvalue weighted by Crippen LogP contribution is -2.23. The van der Waals surface area contributed by atoms with Gasteiger partial charge in [0.15, 0.2) is 6.61 Å². The standard InChI is InChI=1S/C23H23N5O4S/c1-3-6-15-11-21(29)26-23(24-15)28-20(13-18(27-28)19-9-5-10-33-19)25-22(30)14-32-17-8-4-7-16(12-17)31-2/h4-5,7-13H,3,6,14H2,1-2H3,(H,25,30)(H,24,26,29). The number of hydrogen-bond donors (Lipinski definition) is 2. The zero-order valence-electron chi connectivity index (χ0n) is 18.2. The number of methoxy groups -OCH3 is 1. The van der Waals surface area contributed by atoms with Crippen LogP contribution >= 0.6 is 11.3 Å². The Kier molecular flexibility index (Phi) is 6.84. The summed E-state index contributed by atoms with van der Waals surface area (Å²) in [5.74, 6) is 1.36. The minimum absolute atomic E-state index is 0.216. The Morgan fingerprint density at radius 3 is 2.79 bits per heavy atom. The second kappa shape index (κ2) is 10.1. The lowest BCUT2D eigenvalue weighted by atomic mass is 10.2. The topological polar surface area (TPSA) is 111 Å². The molecule has 0 aliphatic carbocycles. The summed E-state index contributed by atoms with van der Waals surface area (Å²) in [5, 5.41) is 9.33. The molecule has 0 atom stereocenters. The Hall–Kier alpha value is -3.92. The maximum Gasteiger partial charge on any atom is 0.263 e. The summed E-state index contributed by atoms with van der Waals surface area (Å²) in [6.45, 7) is 1.80. The van der Waals surface area contributed by atoms with Gasteiger partial charge < -0.3 is 14.8 Å². The molecule has 0 fully saturated rings. The van der Waals surface area contributed by atoms with E-state index in [9.17, 15) is 9.59 Å². The number of carbonyl (C=O) groups is 1. The number of aromatic amines is 1. The van der Waals surface area contributed by atoms with Crippen molar-refractivity contribution in [1.82, 2.24) is 19.7 Å². The molecule has 4 rings (SSSR count). The molecule has 3 aromatic heterocycles. The van der Waals surface area contributed by atoms with E-state index in [0.29, 0.717) is 35.1 Å². The van der Waals surface area contributed by atoms with Crippen molar-refractivity contribution in [3.05, 3.63) is 70.0 Å². The largest absolute Gasteiger partial charge is 0.497 e. The Balaban J connectivity index is 1.60. The highest BCUT2D eigenvalue weighted by atomic mass is 32.1. The summed E-state index contributed by atoms with van der Waals surface area (Å²) in [5.41, 5.74) is 1.02. The van der Waals surface area contributed by atoms with Crippen LogP contribution in [0.25, 0.3) is 16.5 Å². The van der Waals surface area contributed by atoms with Crippen LogP contribution in [0.4, 0.5) is 5.82 Å². The van der Waals surface area contributed by atoms with Gasteiger partial charge in [-0.15, -0.1) is 11.3 Å². The Morgan fingerprint density at radius 1 is 1.18 bits per heavy atom. The van der Waals surface area contributed by atoms with Gasteiger partial charge in [-0.25, -0.2) is 4.98 Å². The first-order chi connectivity index (χ1) is 16.1. The Labute approximate surface area is 194 Å².